The number of anilines is 1. The molecule has 1 aliphatic rings. The Morgan fingerprint density at radius 3 is 2.56 bits per heavy atom. The maximum absolute atomic E-state index is 11.8. The van der Waals surface area contributed by atoms with Crippen molar-refractivity contribution in [3.8, 4) is 0 Å². The van der Waals surface area contributed by atoms with Gasteiger partial charge in [-0.05, 0) is 24.3 Å². The highest BCUT2D eigenvalue weighted by Crippen LogP contribution is 2.10. The summed E-state index contributed by atoms with van der Waals surface area (Å²) in [5, 5.41) is 15.3. The molecule has 2 aromatic rings. The van der Waals surface area contributed by atoms with E-state index in [1.807, 2.05) is 18.2 Å². The summed E-state index contributed by atoms with van der Waals surface area (Å²) in [7, 11) is 0. The fourth-order valence-electron chi connectivity index (χ4n) is 2.21. The van der Waals surface area contributed by atoms with Gasteiger partial charge in [-0.1, -0.05) is 35.0 Å². The number of carbonyl (C=O) groups excluding carboxylic acids is 1. The maximum atomic E-state index is 11.8. The minimum Gasteiger partial charge on any atom is -0.478 e. The molecule has 0 saturated carbocycles. The highest BCUT2D eigenvalue weighted by atomic mass is 16.7. The number of nitrogens with zero attached hydrogens (tertiary/aromatic N) is 3. The van der Waals surface area contributed by atoms with E-state index in [1.54, 1.807) is 29.0 Å². The lowest BCUT2D eigenvalue weighted by Crippen LogP contribution is -2.16. The van der Waals surface area contributed by atoms with E-state index in [4.69, 9.17) is 9.94 Å². The monoisotopic (exact) mass is 339 g/mol. The molecule has 1 aliphatic heterocycles. The van der Waals surface area contributed by atoms with Gasteiger partial charge in [0.2, 0.25) is 0 Å². The number of rotatable bonds is 4. The zero-order chi connectivity index (χ0) is 17.6. The summed E-state index contributed by atoms with van der Waals surface area (Å²) < 4.78 is 1.59. The topological polar surface area (TPSA) is 103 Å². The molecule has 3 rings (SSSR count). The first kappa shape index (κ1) is 16.3. The lowest BCUT2D eigenvalue weighted by Gasteiger charge is -1.99. The molecule has 2 aromatic carbocycles. The maximum Gasteiger partial charge on any atom is 0.348 e. The minimum absolute atomic E-state index is 0.190. The molecule has 0 fully saturated rings. The van der Waals surface area contributed by atoms with E-state index in [0.29, 0.717) is 12.2 Å². The van der Waals surface area contributed by atoms with Gasteiger partial charge in [0.15, 0.2) is 11.8 Å². The van der Waals surface area contributed by atoms with E-state index in [9.17, 15) is 9.59 Å². The third kappa shape index (κ3) is 4.47. The molecule has 1 heterocycles. The Labute approximate surface area is 143 Å². The fraction of sp³-hybridized carbons (Fsp3) is 0.118. The van der Waals surface area contributed by atoms with Crippen molar-refractivity contribution in [3.63, 3.8) is 0 Å². The number of carboxylic acid groups (broad SMARTS) is 1. The van der Waals surface area contributed by atoms with Crippen LogP contribution in [0.1, 0.15) is 15.9 Å². The van der Waals surface area contributed by atoms with Gasteiger partial charge in [0.05, 0.1) is 5.56 Å². The summed E-state index contributed by atoms with van der Waals surface area (Å²) in [4.78, 5) is 31.6. The zero-order valence-corrected chi connectivity index (χ0v) is 13.1. The number of carboxylic acids is 1. The lowest BCUT2D eigenvalue weighted by molar-refractivity contribution is -0.600. The second-order valence-corrected chi connectivity index (χ2v) is 5.30. The quantitative estimate of drug-likeness (QED) is 0.836. The smallest absolute Gasteiger partial charge is 0.348 e. The van der Waals surface area contributed by atoms with Crippen molar-refractivity contribution >= 4 is 23.6 Å². The molecule has 0 aliphatic carbocycles. The number of hydrogen-bond donors (Lipinski definition) is 2. The van der Waals surface area contributed by atoms with Crippen LogP contribution in [0.25, 0.3) is 0 Å². The summed E-state index contributed by atoms with van der Waals surface area (Å²) in [6, 6.07) is 14.9. The Morgan fingerprint density at radius 2 is 1.88 bits per heavy atom. The third-order valence-electron chi connectivity index (χ3n) is 3.40. The molecule has 8 heteroatoms. The number of aromatic carboxylic acids is 1. The summed E-state index contributed by atoms with van der Waals surface area (Å²) in [6.07, 6.45) is 0. The van der Waals surface area contributed by atoms with Crippen molar-refractivity contribution in [2.45, 2.75) is 6.54 Å². The van der Waals surface area contributed by atoms with E-state index in [1.165, 1.54) is 12.1 Å². The fourth-order valence-corrected chi connectivity index (χ4v) is 2.21. The van der Waals surface area contributed by atoms with Gasteiger partial charge in [-0.3, -0.25) is 4.84 Å². The summed E-state index contributed by atoms with van der Waals surface area (Å²) in [6.45, 7) is 0.669. The van der Waals surface area contributed by atoms with Gasteiger partial charge in [0, 0.05) is 11.3 Å². The zero-order valence-electron chi connectivity index (χ0n) is 13.1. The Kier molecular flexibility index (Phi) is 4.79. The molecule has 0 saturated heterocycles. The second kappa shape index (κ2) is 7.35. The van der Waals surface area contributed by atoms with Crippen LogP contribution in [0.3, 0.4) is 0 Å². The van der Waals surface area contributed by atoms with Crippen LogP contribution in [-0.2, 0) is 11.4 Å². The third-order valence-corrected chi connectivity index (χ3v) is 3.40. The molecule has 0 atom stereocenters. The number of carbonyl (C=O) groups is 2. The molecule has 8 nitrogen and oxygen atoms in total. The van der Waals surface area contributed by atoms with Crippen LogP contribution in [-0.4, -0.2) is 34.2 Å². The Bertz CT molecular complexity index is 845. The minimum atomic E-state index is -0.973. The van der Waals surface area contributed by atoms with Crippen LogP contribution in [0.2, 0.25) is 0 Å². The molecule has 126 valence electrons. The molecule has 2 N–H and O–H groups in total. The molecule has 25 heavy (non-hydrogen) atoms. The number of para-hydroxylation sites is 1. The lowest BCUT2D eigenvalue weighted by atomic mass is 10.1. The Balaban J connectivity index is 1.55. The summed E-state index contributed by atoms with van der Waals surface area (Å²) in [5.41, 5.74) is 1.73. The number of nitrogens with one attached hydrogen (secondary N) is 1. The van der Waals surface area contributed by atoms with Gasteiger partial charge in [0.1, 0.15) is 0 Å². The Morgan fingerprint density at radius 1 is 1.16 bits per heavy atom. The number of amides is 2. The summed E-state index contributed by atoms with van der Waals surface area (Å²) >= 11 is 0. The molecule has 2 amide bonds. The number of benzene rings is 2. The van der Waals surface area contributed by atoms with Gasteiger partial charge in [0.25, 0.3) is 6.54 Å². The predicted octanol–water partition coefficient (Wildman–Crippen LogP) is 2.93. The van der Waals surface area contributed by atoms with E-state index in [2.05, 4.69) is 15.6 Å². The molecule has 0 aromatic heterocycles. The van der Waals surface area contributed by atoms with Gasteiger partial charge in [-0.25, -0.2) is 9.59 Å². The van der Waals surface area contributed by atoms with E-state index in [0.717, 1.165) is 5.56 Å². The molecular weight excluding hydrogens is 324 g/mol. The first-order chi connectivity index (χ1) is 12.1. The van der Waals surface area contributed by atoms with Crippen molar-refractivity contribution in [2.24, 2.45) is 10.3 Å². The van der Waals surface area contributed by atoms with Crippen molar-refractivity contribution < 1.29 is 24.2 Å². The van der Waals surface area contributed by atoms with Crippen LogP contribution in [0, 0.1) is 0 Å². The molecule has 0 unspecified atom stereocenters. The number of urea groups is 1. The van der Waals surface area contributed by atoms with Crippen LogP contribution in [0.15, 0.2) is 64.9 Å². The van der Waals surface area contributed by atoms with Gasteiger partial charge in [-0.2, -0.15) is 4.99 Å². The van der Waals surface area contributed by atoms with Crippen LogP contribution in [0.5, 0.6) is 0 Å². The Hall–Kier alpha value is -3.55. The van der Waals surface area contributed by atoms with Crippen molar-refractivity contribution in [2.75, 3.05) is 11.9 Å². The van der Waals surface area contributed by atoms with E-state index >= 15 is 0 Å². The highest BCUT2D eigenvalue weighted by molar-refractivity contribution is 5.98. The number of aliphatic imine (C=N–C) groups is 1. The first-order valence-electron chi connectivity index (χ1n) is 7.49. The average molecular weight is 339 g/mol. The van der Waals surface area contributed by atoms with Gasteiger partial charge >= 0.3 is 17.9 Å². The van der Waals surface area contributed by atoms with E-state index in [-0.39, 0.29) is 18.0 Å². The van der Waals surface area contributed by atoms with Crippen molar-refractivity contribution in [3.05, 3.63) is 65.7 Å². The standard InChI is InChI=1S/C17H14N4O4/c22-16(23)13-8-6-12(7-9-13)10-21-11-15(25-20-21)19-17(24)18-14-4-2-1-3-5-14/h1-9H,10-11H2,(H-,18,22,23,24)/p+1/b19-15+. The largest absolute Gasteiger partial charge is 0.478 e. The number of hydrogen-bond acceptors (Lipinski definition) is 4. The second-order valence-electron chi connectivity index (χ2n) is 5.30. The average Bonchev–Trinajstić information content (AvgIpc) is 3.03. The highest BCUT2D eigenvalue weighted by Gasteiger charge is 2.24. The van der Waals surface area contributed by atoms with E-state index < -0.39 is 12.0 Å². The van der Waals surface area contributed by atoms with Crippen LogP contribution < -0.4 is 5.32 Å². The van der Waals surface area contributed by atoms with Crippen molar-refractivity contribution in [1.29, 1.82) is 0 Å². The first-order valence-corrected chi connectivity index (χ1v) is 7.49. The summed E-state index contributed by atoms with van der Waals surface area (Å²) in [5.74, 6) is -0.782. The van der Waals surface area contributed by atoms with Crippen LogP contribution in [0.4, 0.5) is 10.5 Å². The molecule has 0 spiro atoms. The van der Waals surface area contributed by atoms with Gasteiger partial charge in [-0.15, -0.1) is 0 Å². The SMILES string of the molecule is O=C(/N=C1\C[N+](Cc2ccc(C(=O)O)cc2)=NO1)Nc1ccccc1. The molecule has 0 radical (unpaired) electrons. The predicted molar refractivity (Wildman–Crippen MR) is 88.6 cm³/mol. The van der Waals surface area contributed by atoms with Crippen molar-refractivity contribution in [1.82, 2.24) is 0 Å². The normalized spacial score (nSPS) is 14.7. The molecular formula is C17H15N4O4+. The molecule has 0 bridgehead atoms. The van der Waals surface area contributed by atoms with Gasteiger partial charge < -0.3 is 10.4 Å². The van der Waals surface area contributed by atoms with Crippen LogP contribution >= 0.6 is 0 Å².